The molecule has 6 aromatic rings. The molecule has 0 spiro atoms. The summed E-state index contributed by atoms with van der Waals surface area (Å²) in [6, 6.07) is 33.5. The number of phenols is 1. The fourth-order valence-electron chi connectivity index (χ4n) is 8.36. The maximum absolute atomic E-state index is 14.0. The molecule has 2 heterocycles. The number of benzene rings is 4. The number of pyridine rings is 1. The van der Waals surface area contributed by atoms with E-state index in [4.69, 9.17) is 20.1 Å². The van der Waals surface area contributed by atoms with Crippen LogP contribution >= 0.6 is 0 Å². The number of aromatic hydroxyl groups is 1. The summed E-state index contributed by atoms with van der Waals surface area (Å²) in [6.07, 6.45) is 1.74. The van der Waals surface area contributed by atoms with Gasteiger partial charge in [-0.25, -0.2) is 22.8 Å². The molecule has 0 radical (unpaired) electrons. The van der Waals surface area contributed by atoms with Gasteiger partial charge < -0.3 is 51.1 Å². The predicted octanol–water partition coefficient (Wildman–Crippen LogP) is 6.04. The number of aryl methyl sites for hydroxylation is 1. The standard InChI is InChI=1S/C56H65N9O10S.C2HF3O2/c1-3-64(4-2)45-26-23-42-35-43(54(70)75-49(42)36-45)24-25-44-27-30-47(76(72,73)74)38-65(44)34-13-7-12-20-50(67)58-32-33-60-56(71)63-55(57)59-31-14-19-48(52(68)61-37-39-21-28-46(66)29-22-39)62-53(69)51(40-15-8-5-9-16-40)41-17-10-6-11-18-41;3-2(4,5)1(6)7/h5-6,8-11,15-18,21-30,35-36,38,48,51H,3-4,7,12-14,19-20,31-34,37H2,1-2H3,(H8-,57,58,59,60,61,62,63,66,67,68,69,71,72,73,74);(H,6,7)/t48-;/m0./s1. The molecule has 0 unspecified atom stereocenters. The van der Waals surface area contributed by atoms with E-state index in [1.165, 1.54) is 30.5 Å². The van der Waals surface area contributed by atoms with E-state index in [0.717, 1.165) is 40.9 Å². The number of carboxylic acids is 1. The fraction of sp³-hybridized carbons (Fsp3) is 0.310. The minimum atomic E-state index is -5.08. The zero-order valence-electron chi connectivity index (χ0n) is 45.6. The van der Waals surface area contributed by atoms with E-state index in [2.05, 4.69) is 36.5 Å². The molecule has 25 heteroatoms. The van der Waals surface area contributed by atoms with Gasteiger partial charge in [0.15, 0.2) is 12.2 Å². The number of amides is 5. The number of carboxylic acid groups (broad SMARTS) is 1. The molecule has 0 aliphatic heterocycles. The molecule has 9 N–H and O–H groups in total. The predicted molar refractivity (Wildman–Crippen MR) is 304 cm³/mol. The van der Waals surface area contributed by atoms with Crippen LogP contribution in [-0.2, 0) is 42.4 Å². The van der Waals surface area contributed by atoms with E-state index in [0.29, 0.717) is 43.5 Å². The first kappa shape index (κ1) is 64.7. The van der Waals surface area contributed by atoms with E-state index in [1.54, 1.807) is 34.9 Å². The first-order valence-corrected chi connectivity index (χ1v) is 27.8. The number of halogens is 3. The second-order valence-electron chi connectivity index (χ2n) is 18.6. The van der Waals surface area contributed by atoms with Crippen molar-refractivity contribution in [1.82, 2.24) is 26.6 Å². The number of fused-ring (bicyclic) bond motifs is 1. The molecule has 0 aliphatic carbocycles. The topological polar surface area (TPSA) is 319 Å². The summed E-state index contributed by atoms with van der Waals surface area (Å²) in [5.74, 6) is -4.53. The average Bonchev–Trinajstić information content (AvgIpc) is 3.66. The summed E-state index contributed by atoms with van der Waals surface area (Å²) < 4.78 is 74.6. The van der Waals surface area contributed by atoms with Crippen molar-refractivity contribution in [3.8, 4) is 5.75 Å². The Morgan fingerprint density at radius 3 is 2.06 bits per heavy atom. The van der Waals surface area contributed by atoms with E-state index in [9.17, 15) is 55.2 Å². The highest BCUT2D eigenvalue weighted by molar-refractivity contribution is 7.85. The van der Waals surface area contributed by atoms with Crippen LogP contribution in [0.4, 0.5) is 23.7 Å². The van der Waals surface area contributed by atoms with Crippen LogP contribution in [-0.4, -0.2) is 104 Å². The third-order valence-electron chi connectivity index (χ3n) is 12.6. The molecular formula is C58H66F3N9O12S. The molecule has 442 valence electrons. The van der Waals surface area contributed by atoms with Crippen molar-refractivity contribution >= 4 is 74.6 Å². The summed E-state index contributed by atoms with van der Waals surface area (Å²) in [5.41, 5.74) is 9.95. The number of aliphatic carboxylic acids is 1. The smallest absolute Gasteiger partial charge is 0.490 e. The van der Waals surface area contributed by atoms with Gasteiger partial charge in [0.25, 0.3) is 0 Å². The summed E-state index contributed by atoms with van der Waals surface area (Å²) in [5, 5.41) is 31.1. The highest BCUT2D eigenvalue weighted by atomic mass is 32.2. The zero-order valence-corrected chi connectivity index (χ0v) is 46.4. The number of nitrogens with zero attached hydrogens (tertiary/aromatic N) is 3. The number of phenolic OH excluding ortho intramolecular Hbond substituents is 1. The Labute approximate surface area is 477 Å². The van der Waals surface area contributed by atoms with Crippen LogP contribution in [0, 0.1) is 0 Å². The Hall–Kier alpha value is -9.10. The number of aliphatic imine (C=N–C) groups is 1. The SMILES string of the molecule is CCN(CC)c1ccc2cc(/C=C/c3ccc(S(=O)(=O)[O-])c[n+]3CCCCCC(=O)NCCNC(=O)NC(N)=NCCC[C@H](NC(=O)C(c3ccccc3)c3ccccc3)C(=O)NCc3ccc(O)cc3)c(=O)oc2c1.O=C(O)C(F)(F)F. The number of hydrogen-bond donors (Lipinski definition) is 8. The lowest BCUT2D eigenvalue weighted by atomic mass is 9.90. The number of unbranched alkanes of at least 4 members (excludes halogenated alkanes) is 2. The third-order valence-corrected chi connectivity index (χ3v) is 13.5. The van der Waals surface area contributed by atoms with Crippen LogP contribution in [0.5, 0.6) is 5.75 Å². The highest BCUT2D eigenvalue weighted by Gasteiger charge is 2.38. The van der Waals surface area contributed by atoms with Crippen molar-refractivity contribution in [2.75, 3.05) is 37.6 Å². The molecule has 0 saturated carbocycles. The molecule has 0 saturated heterocycles. The monoisotopic (exact) mass is 1170 g/mol. The van der Waals surface area contributed by atoms with E-state index >= 15 is 0 Å². The van der Waals surface area contributed by atoms with Gasteiger partial charge in [0.2, 0.25) is 23.4 Å². The molecule has 83 heavy (non-hydrogen) atoms. The lowest BCUT2D eigenvalue weighted by Gasteiger charge is -2.23. The molecular weight excluding hydrogens is 1100 g/mol. The van der Waals surface area contributed by atoms with Crippen molar-refractivity contribution in [1.29, 1.82) is 0 Å². The van der Waals surface area contributed by atoms with E-state index in [-0.39, 0.29) is 68.1 Å². The van der Waals surface area contributed by atoms with E-state index < -0.39 is 56.7 Å². The molecule has 0 fully saturated rings. The molecule has 2 aromatic heterocycles. The largest absolute Gasteiger partial charge is 0.744 e. The number of nitrogens with one attached hydrogen (secondary N) is 5. The number of anilines is 1. The van der Waals surface area contributed by atoms with Gasteiger partial charge in [-0.05, 0) is 98.7 Å². The molecule has 4 aromatic carbocycles. The van der Waals surface area contributed by atoms with Gasteiger partial charge >= 0.3 is 23.8 Å². The normalized spacial score (nSPS) is 12.0. The van der Waals surface area contributed by atoms with Gasteiger partial charge in [0.05, 0.1) is 11.5 Å². The summed E-state index contributed by atoms with van der Waals surface area (Å²) >= 11 is 0. The van der Waals surface area contributed by atoms with Crippen LogP contribution in [0.2, 0.25) is 0 Å². The van der Waals surface area contributed by atoms with Gasteiger partial charge in [-0.15, -0.1) is 0 Å². The fourth-order valence-corrected chi connectivity index (χ4v) is 8.85. The number of guanidine groups is 1. The number of carbonyl (C=O) groups excluding carboxylic acids is 4. The number of carbonyl (C=O) groups is 5. The number of urea groups is 1. The molecule has 5 amide bonds. The minimum Gasteiger partial charge on any atom is -0.744 e. The van der Waals surface area contributed by atoms with Crippen LogP contribution in [0.1, 0.15) is 86.2 Å². The number of hydrogen-bond acceptors (Lipinski definition) is 13. The maximum Gasteiger partial charge on any atom is 0.490 e. The molecule has 0 bridgehead atoms. The Morgan fingerprint density at radius 1 is 0.807 bits per heavy atom. The van der Waals surface area contributed by atoms with Crippen molar-refractivity contribution < 1.29 is 69.3 Å². The van der Waals surface area contributed by atoms with Crippen LogP contribution in [0.3, 0.4) is 0 Å². The lowest BCUT2D eigenvalue weighted by molar-refractivity contribution is -0.700. The van der Waals surface area contributed by atoms with Crippen LogP contribution in [0.25, 0.3) is 23.1 Å². The molecule has 1 atom stereocenters. The molecule has 0 aliphatic rings. The number of rotatable bonds is 26. The second kappa shape index (κ2) is 31.8. The average molecular weight is 1170 g/mol. The summed E-state index contributed by atoms with van der Waals surface area (Å²) in [6.45, 7) is 6.52. The Morgan fingerprint density at radius 2 is 1.45 bits per heavy atom. The summed E-state index contributed by atoms with van der Waals surface area (Å²) in [7, 11) is -4.75. The third kappa shape index (κ3) is 21.4. The van der Waals surface area contributed by atoms with Crippen molar-refractivity contribution in [3.05, 3.63) is 166 Å². The zero-order chi connectivity index (χ0) is 60.5. The van der Waals surface area contributed by atoms with Gasteiger partial charge in [0.1, 0.15) is 38.9 Å². The number of nitrogens with two attached hydrogens (primary N) is 1. The second-order valence-corrected chi connectivity index (χ2v) is 20.0. The molecule has 6 rings (SSSR count). The van der Waals surface area contributed by atoms with Crippen LogP contribution in [0.15, 0.2) is 147 Å². The van der Waals surface area contributed by atoms with Crippen molar-refractivity contribution in [3.63, 3.8) is 0 Å². The molecule has 21 nitrogen and oxygen atoms in total. The Kier molecular flexibility index (Phi) is 24.8. The van der Waals surface area contributed by atoms with Crippen LogP contribution < -0.4 is 47.4 Å². The first-order chi connectivity index (χ1) is 39.6. The lowest BCUT2D eigenvalue weighted by Crippen LogP contribution is -2.48. The maximum atomic E-state index is 14.0. The number of aromatic nitrogens is 1. The van der Waals surface area contributed by atoms with Gasteiger partial charge in [-0.1, -0.05) is 72.8 Å². The van der Waals surface area contributed by atoms with Gasteiger partial charge in [-0.3, -0.25) is 24.7 Å². The highest BCUT2D eigenvalue weighted by Crippen LogP contribution is 2.26. The quantitative estimate of drug-likeness (QED) is 0.00767. The van der Waals surface area contributed by atoms with Crippen molar-refractivity contribution in [2.24, 2.45) is 10.7 Å². The van der Waals surface area contributed by atoms with Gasteiger partial charge in [-0.2, -0.15) is 17.7 Å². The van der Waals surface area contributed by atoms with Gasteiger partial charge in [0, 0.05) is 81.4 Å². The first-order valence-electron chi connectivity index (χ1n) is 26.4. The minimum absolute atomic E-state index is 0.0864. The Balaban J connectivity index is 0.00000169. The van der Waals surface area contributed by atoms with Crippen molar-refractivity contribution in [2.45, 2.75) is 88.5 Å². The Bertz CT molecular complexity index is 3340. The van der Waals surface area contributed by atoms with E-state index in [1.807, 2.05) is 92.7 Å². The number of alkyl halides is 3. The summed E-state index contributed by atoms with van der Waals surface area (Å²) in [4.78, 5) is 80.5.